The summed E-state index contributed by atoms with van der Waals surface area (Å²) in [5.41, 5.74) is -5.81. The van der Waals surface area contributed by atoms with E-state index in [-0.39, 0.29) is 21.8 Å². The van der Waals surface area contributed by atoms with Crippen molar-refractivity contribution in [2.45, 2.75) is 63.6 Å². The molecular formula is C33H35F12O3PW. The molecule has 0 heterocycles. The Kier molecular flexibility index (Phi) is 19.2. The first-order valence-electron chi connectivity index (χ1n) is 14.2. The summed E-state index contributed by atoms with van der Waals surface area (Å²) in [5.74, 6) is 0. The third-order valence-corrected chi connectivity index (χ3v) is 10.00. The van der Waals surface area contributed by atoms with Gasteiger partial charge in [-0.25, -0.2) is 0 Å². The third kappa shape index (κ3) is 14.9. The topological polar surface area (TPSA) is 57.5 Å². The Morgan fingerprint density at radius 1 is 0.580 bits per heavy atom. The fraction of sp³-hybridized carbons (Fsp3) is 0.364. The Hall–Kier alpha value is -2.73. The van der Waals surface area contributed by atoms with Crippen LogP contribution in [-0.4, -0.2) is 62.8 Å². The van der Waals surface area contributed by atoms with Crippen LogP contribution in [-0.2, 0) is 21.5 Å². The Balaban J connectivity index is 0.000000657. The molecule has 0 fully saturated rings. The fourth-order valence-corrected chi connectivity index (χ4v) is 5.70. The second-order valence-electron chi connectivity index (χ2n) is 10.2. The number of aliphatic hydroxyl groups is 2. The van der Waals surface area contributed by atoms with Crippen LogP contribution < -0.4 is 5.30 Å². The molecular weight excluding hydrogens is 887 g/mol. The van der Waals surface area contributed by atoms with Crippen molar-refractivity contribution in [3.05, 3.63) is 108 Å². The first-order valence-corrected chi connectivity index (χ1v) is 18.8. The minimum absolute atomic E-state index is 0.149. The van der Waals surface area contributed by atoms with Gasteiger partial charge in [-0.2, -0.15) is 52.7 Å². The van der Waals surface area contributed by atoms with E-state index in [0.717, 1.165) is 16.7 Å². The summed E-state index contributed by atoms with van der Waals surface area (Å²) in [6, 6.07) is 31.2. The van der Waals surface area contributed by atoms with Gasteiger partial charge in [-0.15, -0.1) is 0 Å². The molecule has 0 unspecified atom stereocenters. The number of hydrogen-bond donors (Lipinski definition) is 2. The number of alkyl halides is 12. The van der Waals surface area contributed by atoms with Gasteiger partial charge < -0.3 is 10.2 Å². The molecule has 17 heteroatoms. The second-order valence-corrected chi connectivity index (χ2v) is 14.7. The summed E-state index contributed by atoms with van der Waals surface area (Å²) in [6.45, 7) is 3.88. The van der Waals surface area contributed by atoms with Gasteiger partial charge in [0.15, 0.2) is 0 Å². The molecule has 0 aliphatic rings. The average Bonchev–Trinajstić information content (AvgIpc) is 3.02. The van der Waals surface area contributed by atoms with Gasteiger partial charge in [-0.05, 0) is 31.5 Å². The predicted octanol–water partition coefficient (Wildman–Crippen LogP) is 9.91. The van der Waals surface area contributed by atoms with Crippen molar-refractivity contribution in [3.8, 4) is 0 Å². The molecule has 3 rings (SSSR count). The molecule has 0 bridgehead atoms. The summed E-state index contributed by atoms with van der Waals surface area (Å²) < 4.78 is 149. The maximum absolute atomic E-state index is 11.4. The van der Waals surface area contributed by atoms with Gasteiger partial charge in [0, 0.05) is 0 Å². The first-order chi connectivity index (χ1) is 22.8. The summed E-state index contributed by atoms with van der Waals surface area (Å²) in [6.07, 6.45) is -18.2. The van der Waals surface area contributed by atoms with Crippen LogP contribution in [0.1, 0.15) is 38.8 Å². The minimum atomic E-state index is -5.69. The molecule has 280 valence electrons. The standard InChI is InChI=1S/C15H12.C10H15P.2C4H4F6O.O.W/c1-2-15(13-9-5-3-6-10-13)14-11-7-4-8-12-14;1-3-11(4-2)10-8-6-5-7-9-10;2*1-2(11,3(5,6)7)4(8,9)10;;/h1-12H;5-9H,3-4H2,1-2H3;2*11H,1H3;;. The first kappa shape index (κ1) is 47.3. The van der Waals surface area contributed by atoms with E-state index >= 15 is 0 Å². The molecule has 0 saturated heterocycles. The molecule has 50 heavy (non-hydrogen) atoms. The summed E-state index contributed by atoms with van der Waals surface area (Å²) in [7, 11) is 0.149. The van der Waals surface area contributed by atoms with Crippen molar-refractivity contribution in [1.82, 2.24) is 0 Å². The van der Waals surface area contributed by atoms with E-state index in [1.165, 1.54) is 12.3 Å². The van der Waals surface area contributed by atoms with Crippen LogP contribution in [0.25, 0.3) is 5.57 Å². The molecule has 3 aromatic carbocycles. The van der Waals surface area contributed by atoms with Crippen LogP contribution in [0.15, 0.2) is 97.1 Å². The Morgan fingerprint density at radius 2 is 0.860 bits per heavy atom. The van der Waals surface area contributed by atoms with E-state index < -0.39 is 54.0 Å². The number of halogens is 12. The molecule has 2 N–H and O–H groups in total. The molecule has 0 saturated carbocycles. The van der Waals surface area contributed by atoms with Gasteiger partial charge in [-0.1, -0.05) is 52.1 Å². The molecule has 0 spiro atoms. The van der Waals surface area contributed by atoms with Crippen molar-refractivity contribution in [2.75, 3.05) is 12.3 Å². The van der Waals surface area contributed by atoms with Crippen LogP contribution in [0.2, 0.25) is 0 Å². The fourth-order valence-electron chi connectivity index (χ4n) is 3.24. The van der Waals surface area contributed by atoms with Crippen molar-refractivity contribution in [2.24, 2.45) is 0 Å². The van der Waals surface area contributed by atoms with Gasteiger partial charge in [0.05, 0.1) is 0 Å². The normalized spacial score (nSPS) is 12.2. The zero-order valence-electron chi connectivity index (χ0n) is 26.9. The molecule has 3 aromatic rings. The Bertz CT molecular complexity index is 1350. The van der Waals surface area contributed by atoms with Crippen LogP contribution in [0.4, 0.5) is 52.7 Å². The number of hydrogen-bond acceptors (Lipinski definition) is 3. The van der Waals surface area contributed by atoms with Gasteiger partial charge in [-0.3, -0.25) is 0 Å². The van der Waals surface area contributed by atoms with Crippen LogP contribution in [0.5, 0.6) is 0 Å². The van der Waals surface area contributed by atoms with E-state index in [0.29, 0.717) is 0 Å². The van der Waals surface area contributed by atoms with Gasteiger partial charge in [0.1, 0.15) is 0 Å². The van der Waals surface area contributed by atoms with Gasteiger partial charge in [0.2, 0.25) is 0 Å². The Morgan fingerprint density at radius 3 is 1.08 bits per heavy atom. The quantitative estimate of drug-likeness (QED) is 0.191. The van der Waals surface area contributed by atoms with Crippen molar-refractivity contribution < 1.29 is 84.4 Å². The van der Waals surface area contributed by atoms with E-state index in [9.17, 15) is 56.1 Å². The maximum atomic E-state index is 11.4. The zero-order valence-corrected chi connectivity index (χ0v) is 30.8. The SMILES string of the molecule is CC(O)(C(F)(F)F)C(F)(F)F.CC(O)(C(F)(F)F)C(F)(F)F.CCP(CC)c1ccccc1.[O]=[W]=[CH]C=C(c1ccccc1)c1ccccc1. The van der Waals surface area contributed by atoms with E-state index in [2.05, 4.69) is 68.4 Å². The van der Waals surface area contributed by atoms with Crippen LogP contribution in [0, 0.1) is 0 Å². The summed E-state index contributed by atoms with van der Waals surface area (Å²) >= 11 is -1.51. The summed E-state index contributed by atoms with van der Waals surface area (Å²) in [4.78, 5) is 0. The van der Waals surface area contributed by atoms with Crippen LogP contribution >= 0.6 is 7.92 Å². The van der Waals surface area contributed by atoms with E-state index in [1.54, 1.807) is 5.30 Å². The molecule has 0 atom stereocenters. The molecule has 0 amide bonds. The number of rotatable bonds is 6. The molecule has 0 aliphatic heterocycles. The van der Waals surface area contributed by atoms with E-state index in [1.807, 2.05) is 46.9 Å². The average molecular weight is 922 g/mol. The van der Waals surface area contributed by atoms with Crippen molar-refractivity contribution in [1.29, 1.82) is 0 Å². The monoisotopic (exact) mass is 922 g/mol. The molecule has 0 radical (unpaired) electrons. The van der Waals surface area contributed by atoms with E-state index in [4.69, 9.17) is 10.2 Å². The molecule has 0 aromatic heterocycles. The van der Waals surface area contributed by atoms with Crippen LogP contribution in [0.3, 0.4) is 0 Å². The number of benzene rings is 3. The van der Waals surface area contributed by atoms with Gasteiger partial charge >= 0.3 is 134 Å². The Labute approximate surface area is 291 Å². The summed E-state index contributed by atoms with van der Waals surface area (Å²) in [5, 5.41) is 17.4. The third-order valence-electron chi connectivity index (χ3n) is 6.55. The second kappa shape index (κ2) is 20.3. The van der Waals surface area contributed by atoms with Gasteiger partial charge in [0.25, 0.3) is 11.2 Å². The number of allylic oxidation sites excluding steroid dienone is 1. The zero-order chi connectivity index (χ0) is 39.0. The predicted molar refractivity (Wildman–Crippen MR) is 166 cm³/mol. The van der Waals surface area contributed by atoms with Crippen molar-refractivity contribution >= 4 is 23.2 Å². The molecule has 3 nitrogen and oxygen atoms in total. The van der Waals surface area contributed by atoms with Crippen molar-refractivity contribution in [3.63, 3.8) is 0 Å². The molecule has 0 aliphatic carbocycles.